The maximum Gasteiger partial charge on any atom is 0.367 e. The minimum absolute atomic E-state index is 0.210. The molecule has 0 radical (unpaired) electrons. The number of ether oxygens (including phenoxy) is 1. The Balaban J connectivity index is 2.61. The molecule has 5 nitrogen and oxygen atoms in total. The normalized spacial score (nSPS) is 10.4. The Labute approximate surface area is 104 Å². The number of amides is 1. The third-order valence-corrected chi connectivity index (χ3v) is 2.68. The second kappa shape index (κ2) is 6.34. The highest BCUT2D eigenvalue weighted by atomic mass is 32.1. The number of aromatic nitrogens is 1. The molecule has 0 spiro atoms. The zero-order valence-corrected chi connectivity index (χ0v) is 11.0. The van der Waals surface area contributed by atoms with E-state index in [1.165, 1.54) is 0 Å². The molecule has 1 N–H and O–H groups in total. The molecule has 0 unspecified atom stereocenters. The Bertz CT molecular complexity index is 401. The number of nitrogens with one attached hydrogen (secondary N) is 1. The Kier molecular flexibility index (Phi) is 5.09. The molecular weight excluding hydrogens is 240 g/mol. The lowest BCUT2D eigenvalue weighted by atomic mass is 10.2. The van der Waals surface area contributed by atoms with Crippen LogP contribution in [-0.2, 0) is 4.74 Å². The number of rotatable bonds is 5. The fraction of sp³-hybridized carbons (Fsp3) is 0.545. The predicted molar refractivity (Wildman–Crippen MR) is 65.2 cm³/mol. The van der Waals surface area contributed by atoms with Crippen molar-refractivity contribution in [3.8, 4) is 0 Å². The molecule has 94 valence electrons. The summed E-state index contributed by atoms with van der Waals surface area (Å²) in [6.45, 7) is 6.62. The zero-order chi connectivity index (χ0) is 12.8. The van der Waals surface area contributed by atoms with Crippen LogP contribution in [0.15, 0.2) is 5.38 Å². The molecular formula is C11H16N2O3S. The number of esters is 1. The van der Waals surface area contributed by atoms with Gasteiger partial charge in [0.25, 0.3) is 5.91 Å². The molecule has 0 saturated carbocycles. The lowest BCUT2D eigenvalue weighted by Gasteiger charge is -2.05. The first-order valence-corrected chi connectivity index (χ1v) is 6.33. The number of carbonyl (C=O) groups is 2. The van der Waals surface area contributed by atoms with Crippen LogP contribution in [-0.4, -0.2) is 30.0 Å². The van der Waals surface area contributed by atoms with E-state index in [1.54, 1.807) is 12.3 Å². The molecule has 1 aromatic rings. The van der Waals surface area contributed by atoms with Crippen molar-refractivity contribution in [2.45, 2.75) is 20.8 Å². The van der Waals surface area contributed by atoms with E-state index in [-0.39, 0.29) is 16.6 Å². The monoisotopic (exact) mass is 256 g/mol. The van der Waals surface area contributed by atoms with E-state index in [1.807, 2.05) is 13.8 Å². The maximum absolute atomic E-state index is 11.6. The summed E-state index contributed by atoms with van der Waals surface area (Å²) in [6, 6.07) is 0. The summed E-state index contributed by atoms with van der Waals surface area (Å²) in [5.74, 6) is -0.368. The average molecular weight is 256 g/mol. The average Bonchev–Trinajstić information content (AvgIpc) is 2.75. The standard InChI is InChI=1S/C11H16N2O3S/c1-4-16-11(15)10-13-8(6-17-10)9(14)12-5-7(2)3/h6-7H,4-5H2,1-3H3,(H,12,14). The molecule has 0 aliphatic rings. The van der Waals surface area contributed by atoms with Crippen molar-refractivity contribution < 1.29 is 14.3 Å². The molecule has 1 heterocycles. The molecule has 0 aromatic carbocycles. The van der Waals surface area contributed by atoms with E-state index >= 15 is 0 Å². The van der Waals surface area contributed by atoms with E-state index in [4.69, 9.17) is 4.74 Å². The summed E-state index contributed by atoms with van der Waals surface area (Å²) >= 11 is 1.11. The lowest BCUT2D eigenvalue weighted by molar-refractivity contribution is 0.0526. The summed E-state index contributed by atoms with van der Waals surface area (Å²) < 4.78 is 4.80. The first-order chi connectivity index (χ1) is 8.04. The zero-order valence-electron chi connectivity index (χ0n) is 10.1. The Morgan fingerprint density at radius 1 is 1.53 bits per heavy atom. The van der Waals surface area contributed by atoms with Crippen molar-refractivity contribution in [1.29, 1.82) is 0 Å². The molecule has 1 aromatic heterocycles. The molecule has 0 aliphatic carbocycles. The summed E-state index contributed by atoms with van der Waals surface area (Å²) in [6.07, 6.45) is 0. The van der Waals surface area contributed by atoms with Crippen LogP contribution >= 0.6 is 11.3 Å². The Hall–Kier alpha value is -1.43. The maximum atomic E-state index is 11.6. The Morgan fingerprint density at radius 2 is 2.24 bits per heavy atom. The number of hydrogen-bond donors (Lipinski definition) is 1. The summed E-state index contributed by atoms with van der Waals surface area (Å²) in [7, 11) is 0. The van der Waals surface area contributed by atoms with E-state index in [0.717, 1.165) is 11.3 Å². The van der Waals surface area contributed by atoms with Gasteiger partial charge in [0.1, 0.15) is 5.69 Å². The third kappa shape index (κ3) is 4.14. The van der Waals surface area contributed by atoms with Gasteiger partial charge in [-0.2, -0.15) is 0 Å². The first-order valence-electron chi connectivity index (χ1n) is 5.45. The van der Waals surface area contributed by atoms with Gasteiger partial charge in [-0.05, 0) is 12.8 Å². The van der Waals surface area contributed by atoms with Crippen molar-refractivity contribution in [3.05, 3.63) is 16.1 Å². The highest BCUT2D eigenvalue weighted by Gasteiger charge is 2.16. The number of hydrogen-bond acceptors (Lipinski definition) is 5. The van der Waals surface area contributed by atoms with Gasteiger partial charge in [0.15, 0.2) is 0 Å². The van der Waals surface area contributed by atoms with E-state index < -0.39 is 5.97 Å². The summed E-state index contributed by atoms with van der Waals surface area (Å²) in [5, 5.41) is 4.50. The minimum Gasteiger partial charge on any atom is -0.461 e. The van der Waals surface area contributed by atoms with Gasteiger partial charge in [0.2, 0.25) is 5.01 Å². The molecule has 0 saturated heterocycles. The van der Waals surface area contributed by atoms with Gasteiger partial charge in [-0.1, -0.05) is 13.8 Å². The molecule has 0 fully saturated rings. The smallest absolute Gasteiger partial charge is 0.367 e. The predicted octanol–water partition coefficient (Wildman–Crippen LogP) is 1.71. The number of thiazole rings is 1. The molecule has 0 aliphatic heterocycles. The molecule has 6 heteroatoms. The van der Waals surface area contributed by atoms with Crippen LogP contribution in [0, 0.1) is 5.92 Å². The first kappa shape index (κ1) is 13.6. The van der Waals surface area contributed by atoms with Gasteiger partial charge in [-0.15, -0.1) is 11.3 Å². The molecule has 0 bridgehead atoms. The van der Waals surface area contributed by atoms with Crippen LogP contribution < -0.4 is 5.32 Å². The second-order valence-corrected chi connectivity index (χ2v) is 4.72. The van der Waals surface area contributed by atoms with Crippen LogP contribution in [0.5, 0.6) is 0 Å². The highest BCUT2D eigenvalue weighted by molar-refractivity contribution is 7.11. The molecule has 0 atom stereocenters. The van der Waals surface area contributed by atoms with E-state index in [9.17, 15) is 9.59 Å². The molecule has 1 rings (SSSR count). The van der Waals surface area contributed by atoms with Crippen LogP contribution in [0.2, 0.25) is 0 Å². The van der Waals surface area contributed by atoms with Gasteiger partial charge < -0.3 is 10.1 Å². The Morgan fingerprint density at radius 3 is 2.82 bits per heavy atom. The third-order valence-electron chi connectivity index (χ3n) is 1.86. The van der Waals surface area contributed by atoms with E-state index in [0.29, 0.717) is 19.1 Å². The summed E-state index contributed by atoms with van der Waals surface area (Å²) in [5.41, 5.74) is 0.263. The van der Waals surface area contributed by atoms with Crippen molar-refractivity contribution in [2.24, 2.45) is 5.92 Å². The quantitative estimate of drug-likeness (QED) is 0.814. The highest BCUT2D eigenvalue weighted by Crippen LogP contribution is 2.11. The van der Waals surface area contributed by atoms with Crippen molar-refractivity contribution in [2.75, 3.05) is 13.2 Å². The SMILES string of the molecule is CCOC(=O)c1nc(C(=O)NCC(C)C)cs1. The minimum atomic E-state index is -0.486. The number of carbonyl (C=O) groups excluding carboxylic acids is 2. The van der Waals surface area contributed by atoms with Crippen LogP contribution in [0.1, 0.15) is 41.1 Å². The topological polar surface area (TPSA) is 68.3 Å². The molecule has 17 heavy (non-hydrogen) atoms. The van der Waals surface area contributed by atoms with Gasteiger partial charge in [0, 0.05) is 11.9 Å². The van der Waals surface area contributed by atoms with Gasteiger partial charge in [0.05, 0.1) is 6.61 Å². The lowest BCUT2D eigenvalue weighted by Crippen LogP contribution is -2.27. The number of nitrogens with zero attached hydrogens (tertiary/aromatic N) is 1. The fourth-order valence-electron chi connectivity index (χ4n) is 1.05. The van der Waals surface area contributed by atoms with Crippen molar-refractivity contribution >= 4 is 23.2 Å². The van der Waals surface area contributed by atoms with Crippen LogP contribution in [0.3, 0.4) is 0 Å². The van der Waals surface area contributed by atoms with Gasteiger partial charge in [-0.25, -0.2) is 9.78 Å². The van der Waals surface area contributed by atoms with Crippen LogP contribution in [0.25, 0.3) is 0 Å². The van der Waals surface area contributed by atoms with Crippen LogP contribution in [0.4, 0.5) is 0 Å². The van der Waals surface area contributed by atoms with Gasteiger partial charge in [-0.3, -0.25) is 4.79 Å². The molecule has 1 amide bonds. The second-order valence-electron chi connectivity index (χ2n) is 3.86. The van der Waals surface area contributed by atoms with E-state index in [2.05, 4.69) is 10.3 Å². The summed E-state index contributed by atoms with van der Waals surface area (Å²) in [4.78, 5) is 26.9. The fourth-order valence-corrected chi connectivity index (χ4v) is 1.74. The van der Waals surface area contributed by atoms with Crippen molar-refractivity contribution in [1.82, 2.24) is 10.3 Å². The van der Waals surface area contributed by atoms with Crippen molar-refractivity contribution in [3.63, 3.8) is 0 Å². The van der Waals surface area contributed by atoms with Gasteiger partial charge >= 0.3 is 5.97 Å². The largest absolute Gasteiger partial charge is 0.461 e.